The van der Waals surface area contributed by atoms with Crippen LogP contribution in [0.3, 0.4) is 0 Å². The average Bonchev–Trinajstić information content (AvgIpc) is 2.91. The van der Waals surface area contributed by atoms with Gasteiger partial charge in [-0.3, -0.25) is 10.00 Å². The van der Waals surface area contributed by atoms with Crippen molar-refractivity contribution in [2.45, 2.75) is 32.7 Å². The lowest BCUT2D eigenvalue weighted by Crippen LogP contribution is -2.30. The number of nitrogens with zero attached hydrogens (tertiary/aromatic N) is 4. The van der Waals surface area contributed by atoms with E-state index in [-0.39, 0.29) is 6.03 Å². The van der Waals surface area contributed by atoms with Gasteiger partial charge in [0.15, 0.2) is 0 Å². The maximum Gasteiger partial charge on any atom is 0.320 e. The molecule has 0 bridgehead atoms. The third-order valence-electron chi connectivity index (χ3n) is 4.19. The van der Waals surface area contributed by atoms with Crippen LogP contribution in [-0.4, -0.2) is 33.9 Å². The number of rotatable bonds is 4. The van der Waals surface area contributed by atoms with Crippen LogP contribution in [0.15, 0.2) is 24.4 Å². The molecular weight excluding hydrogens is 304 g/mol. The highest BCUT2D eigenvalue weighted by atomic mass is 16.2. The number of aryl methyl sites for hydroxylation is 2. The van der Waals surface area contributed by atoms with Crippen molar-refractivity contribution in [3.05, 3.63) is 35.7 Å². The smallest absolute Gasteiger partial charge is 0.320 e. The summed E-state index contributed by atoms with van der Waals surface area (Å²) >= 11 is 0. The molecule has 2 amide bonds. The van der Waals surface area contributed by atoms with Crippen LogP contribution in [0.5, 0.6) is 0 Å². The van der Waals surface area contributed by atoms with Crippen molar-refractivity contribution in [3.63, 3.8) is 0 Å². The van der Waals surface area contributed by atoms with Crippen molar-refractivity contribution in [3.8, 4) is 0 Å². The molecule has 0 aliphatic carbocycles. The van der Waals surface area contributed by atoms with Gasteiger partial charge in [-0.15, -0.1) is 0 Å². The van der Waals surface area contributed by atoms with Crippen molar-refractivity contribution in [2.75, 3.05) is 23.3 Å². The number of aromatic nitrogens is 3. The monoisotopic (exact) mass is 328 g/mol. The van der Waals surface area contributed by atoms with E-state index in [1.165, 1.54) is 19.3 Å². The van der Waals surface area contributed by atoms with Gasteiger partial charge in [-0.05, 0) is 37.8 Å². The predicted molar refractivity (Wildman–Crippen MR) is 94.1 cm³/mol. The molecule has 1 fully saturated rings. The van der Waals surface area contributed by atoms with Gasteiger partial charge in [0.25, 0.3) is 0 Å². The van der Waals surface area contributed by atoms with Gasteiger partial charge in [-0.1, -0.05) is 6.07 Å². The summed E-state index contributed by atoms with van der Waals surface area (Å²) in [5, 5.41) is 9.82. The van der Waals surface area contributed by atoms with Gasteiger partial charge < -0.3 is 10.2 Å². The molecule has 7 heteroatoms. The summed E-state index contributed by atoms with van der Waals surface area (Å²) in [5.74, 6) is 1.69. The molecule has 2 aromatic rings. The number of carbonyl (C=O) groups excluding carboxylic acids is 1. The standard InChI is InChI=1S/C17H24N6O/c1-13-10-16(22(2)21-13)20-17(24)19-12-14-6-7-15(18-11-14)23-8-4-3-5-9-23/h6-7,10-11H,3-5,8-9,12H2,1-2H3,(H2,19,20,24). The van der Waals surface area contributed by atoms with E-state index in [1.807, 2.05) is 31.3 Å². The van der Waals surface area contributed by atoms with Crippen LogP contribution in [-0.2, 0) is 13.6 Å². The minimum absolute atomic E-state index is 0.252. The topological polar surface area (TPSA) is 75.1 Å². The summed E-state index contributed by atoms with van der Waals surface area (Å²) in [7, 11) is 1.80. The Hall–Kier alpha value is -2.57. The zero-order chi connectivity index (χ0) is 16.9. The minimum Gasteiger partial charge on any atom is -0.357 e. The van der Waals surface area contributed by atoms with Gasteiger partial charge in [0, 0.05) is 38.9 Å². The fraction of sp³-hybridized carbons (Fsp3) is 0.471. The maximum absolute atomic E-state index is 12.0. The minimum atomic E-state index is -0.252. The number of carbonyl (C=O) groups is 1. The largest absolute Gasteiger partial charge is 0.357 e. The fourth-order valence-electron chi connectivity index (χ4n) is 2.90. The number of hydrogen-bond acceptors (Lipinski definition) is 4. The molecule has 0 radical (unpaired) electrons. The van der Waals surface area contributed by atoms with Crippen LogP contribution in [0.1, 0.15) is 30.5 Å². The van der Waals surface area contributed by atoms with Gasteiger partial charge in [-0.2, -0.15) is 5.10 Å². The molecule has 3 heterocycles. The van der Waals surface area contributed by atoms with E-state index in [9.17, 15) is 4.79 Å². The summed E-state index contributed by atoms with van der Waals surface area (Å²) in [6.45, 7) is 4.49. The molecule has 1 aliphatic rings. The molecule has 2 N–H and O–H groups in total. The van der Waals surface area contributed by atoms with Crippen LogP contribution in [0.25, 0.3) is 0 Å². The fourth-order valence-corrected chi connectivity index (χ4v) is 2.90. The third-order valence-corrected chi connectivity index (χ3v) is 4.19. The van der Waals surface area contributed by atoms with Crippen molar-refractivity contribution < 1.29 is 4.79 Å². The van der Waals surface area contributed by atoms with Crippen LogP contribution >= 0.6 is 0 Å². The zero-order valence-electron chi connectivity index (χ0n) is 14.2. The first-order chi connectivity index (χ1) is 11.6. The average molecular weight is 328 g/mol. The second-order valence-electron chi connectivity index (χ2n) is 6.17. The Morgan fingerprint density at radius 3 is 2.67 bits per heavy atom. The molecule has 7 nitrogen and oxygen atoms in total. The molecule has 0 atom stereocenters. The van der Waals surface area contributed by atoms with Crippen LogP contribution in [0.2, 0.25) is 0 Å². The molecule has 128 valence electrons. The Morgan fingerprint density at radius 1 is 1.25 bits per heavy atom. The molecule has 0 aromatic carbocycles. The van der Waals surface area contributed by atoms with Gasteiger partial charge in [-0.25, -0.2) is 9.78 Å². The van der Waals surface area contributed by atoms with Gasteiger partial charge >= 0.3 is 6.03 Å². The molecule has 1 aliphatic heterocycles. The number of piperidine rings is 1. The first-order valence-electron chi connectivity index (χ1n) is 8.37. The zero-order valence-corrected chi connectivity index (χ0v) is 14.2. The first-order valence-corrected chi connectivity index (χ1v) is 8.37. The van der Waals surface area contributed by atoms with Crippen molar-refractivity contribution in [1.82, 2.24) is 20.1 Å². The molecule has 0 spiro atoms. The Morgan fingerprint density at radius 2 is 2.04 bits per heavy atom. The molecule has 0 saturated carbocycles. The van der Waals surface area contributed by atoms with E-state index >= 15 is 0 Å². The van der Waals surface area contributed by atoms with Crippen LogP contribution < -0.4 is 15.5 Å². The van der Waals surface area contributed by atoms with E-state index < -0.39 is 0 Å². The van der Waals surface area contributed by atoms with Crippen LogP contribution in [0, 0.1) is 6.92 Å². The van der Waals surface area contributed by atoms with Gasteiger partial charge in [0.05, 0.1) is 5.69 Å². The second kappa shape index (κ2) is 7.33. The lowest BCUT2D eigenvalue weighted by Gasteiger charge is -2.27. The summed E-state index contributed by atoms with van der Waals surface area (Å²) in [4.78, 5) is 18.8. The summed E-state index contributed by atoms with van der Waals surface area (Å²) in [6.07, 6.45) is 5.61. The molecule has 0 unspecified atom stereocenters. The van der Waals surface area contributed by atoms with Crippen molar-refractivity contribution in [2.24, 2.45) is 7.05 Å². The van der Waals surface area contributed by atoms with E-state index in [2.05, 4.69) is 25.6 Å². The van der Waals surface area contributed by atoms with Crippen molar-refractivity contribution >= 4 is 17.7 Å². The molecule has 2 aromatic heterocycles. The highest BCUT2D eigenvalue weighted by molar-refractivity contribution is 5.88. The summed E-state index contributed by atoms with van der Waals surface area (Å²) < 4.78 is 1.64. The molecule has 3 rings (SSSR count). The van der Waals surface area contributed by atoms with E-state index in [0.717, 1.165) is 30.2 Å². The molecule has 1 saturated heterocycles. The van der Waals surface area contributed by atoms with Crippen LogP contribution in [0.4, 0.5) is 16.4 Å². The second-order valence-corrected chi connectivity index (χ2v) is 6.17. The Balaban J connectivity index is 1.50. The predicted octanol–water partition coefficient (Wildman–Crippen LogP) is 2.44. The Bertz CT molecular complexity index is 688. The molecular formula is C17H24N6O. The van der Waals surface area contributed by atoms with Gasteiger partial charge in [0.1, 0.15) is 11.6 Å². The third kappa shape index (κ3) is 4.04. The highest BCUT2D eigenvalue weighted by Gasteiger charge is 2.12. The summed E-state index contributed by atoms with van der Waals surface area (Å²) in [5.41, 5.74) is 1.84. The number of anilines is 2. The van der Waals surface area contributed by atoms with Crippen molar-refractivity contribution in [1.29, 1.82) is 0 Å². The highest BCUT2D eigenvalue weighted by Crippen LogP contribution is 2.17. The lowest BCUT2D eigenvalue weighted by atomic mass is 10.1. The summed E-state index contributed by atoms with van der Waals surface area (Å²) in [6, 6.07) is 5.63. The Labute approximate surface area is 142 Å². The maximum atomic E-state index is 12.0. The number of pyridine rings is 1. The molecule has 24 heavy (non-hydrogen) atoms. The van der Waals surface area contributed by atoms with E-state index in [1.54, 1.807) is 11.7 Å². The number of hydrogen-bond donors (Lipinski definition) is 2. The van der Waals surface area contributed by atoms with E-state index in [0.29, 0.717) is 12.4 Å². The quantitative estimate of drug-likeness (QED) is 0.904. The Kier molecular flexibility index (Phi) is 4.98. The van der Waals surface area contributed by atoms with Gasteiger partial charge in [0.2, 0.25) is 0 Å². The first kappa shape index (κ1) is 16.3. The number of urea groups is 1. The lowest BCUT2D eigenvalue weighted by molar-refractivity contribution is 0.251. The SMILES string of the molecule is Cc1cc(NC(=O)NCc2ccc(N3CCCCC3)nc2)n(C)n1. The number of amides is 2. The normalized spacial score (nSPS) is 14.5. The number of nitrogens with one attached hydrogen (secondary N) is 2. The van der Waals surface area contributed by atoms with E-state index in [4.69, 9.17) is 0 Å².